The molecule has 3 heterocycles. The van der Waals surface area contributed by atoms with Crippen LogP contribution >= 0.6 is 0 Å². The number of methoxy groups -OCH3 is 1. The summed E-state index contributed by atoms with van der Waals surface area (Å²) in [5.74, 6) is -0.763. The van der Waals surface area contributed by atoms with Crippen molar-refractivity contribution in [2.75, 3.05) is 13.7 Å². The summed E-state index contributed by atoms with van der Waals surface area (Å²) >= 11 is 0. The molecule has 1 aliphatic rings. The van der Waals surface area contributed by atoms with Gasteiger partial charge in [0.05, 0.1) is 31.1 Å². The van der Waals surface area contributed by atoms with E-state index in [1.54, 1.807) is 0 Å². The molecule has 8 nitrogen and oxygen atoms in total. The summed E-state index contributed by atoms with van der Waals surface area (Å²) in [6, 6.07) is 1.15. The summed E-state index contributed by atoms with van der Waals surface area (Å²) in [6.07, 6.45) is -3.49. The molecule has 12 heteroatoms. The average molecular weight is 436 g/mol. The van der Waals surface area contributed by atoms with E-state index >= 15 is 0 Å². The van der Waals surface area contributed by atoms with Crippen LogP contribution in [0.1, 0.15) is 16.8 Å². The molecule has 0 saturated heterocycles. The number of nitrogens with one attached hydrogen (secondary N) is 2. The zero-order chi connectivity index (χ0) is 22.5. The number of nitrogens with zero attached hydrogens (tertiary/aromatic N) is 3. The molecule has 1 amide bonds. The van der Waals surface area contributed by atoms with Gasteiger partial charge < -0.3 is 20.8 Å². The van der Waals surface area contributed by atoms with Gasteiger partial charge in [0.1, 0.15) is 11.2 Å². The van der Waals surface area contributed by atoms with Crippen molar-refractivity contribution in [1.82, 2.24) is 20.1 Å². The number of ether oxygens (including phenoxy) is 1. The maximum absolute atomic E-state index is 14.9. The summed E-state index contributed by atoms with van der Waals surface area (Å²) in [5, 5.41) is 15.1. The van der Waals surface area contributed by atoms with Gasteiger partial charge in [-0.25, -0.2) is 14.2 Å². The number of nitrogens with two attached hydrogens (primary N) is 1. The van der Waals surface area contributed by atoms with E-state index in [4.69, 9.17) is 15.9 Å². The van der Waals surface area contributed by atoms with Gasteiger partial charge >= 0.3 is 12.3 Å². The normalized spacial score (nSPS) is 15.1. The van der Waals surface area contributed by atoms with Crippen LogP contribution in [0.15, 0.2) is 18.0 Å². The van der Waals surface area contributed by atoms with Crippen LogP contribution in [0.25, 0.3) is 27.4 Å². The second-order valence-electron chi connectivity index (χ2n) is 6.94. The molecule has 162 valence electrons. The number of rotatable bonds is 2. The van der Waals surface area contributed by atoms with E-state index in [-0.39, 0.29) is 36.3 Å². The first-order valence-corrected chi connectivity index (χ1v) is 9.05. The molecule has 0 atom stereocenters. The molecule has 1 aromatic carbocycles. The monoisotopic (exact) mass is 436 g/mol. The fourth-order valence-electron chi connectivity index (χ4n) is 3.83. The van der Waals surface area contributed by atoms with Gasteiger partial charge in [0.25, 0.3) is 0 Å². The van der Waals surface area contributed by atoms with Gasteiger partial charge in [0, 0.05) is 40.7 Å². The second kappa shape index (κ2) is 7.22. The van der Waals surface area contributed by atoms with Gasteiger partial charge in [-0.2, -0.15) is 18.3 Å². The highest BCUT2D eigenvalue weighted by atomic mass is 19.4. The van der Waals surface area contributed by atoms with E-state index in [2.05, 4.69) is 15.2 Å². The minimum Gasteiger partial charge on any atom is -0.453 e. The number of alkyl halides is 3. The Kier molecular flexibility index (Phi) is 4.79. The molecule has 0 spiro atoms. The molecule has 0 radical (unpaired) electrons. The molecule has 0 fully saturated rings. The molecule has 1 aliphatic heterocycles. The topological polar surface area (TPSA) is 121 Å². The number of amides is 1. The Morgan fingerprint density at radius 2 is 2.13 bits per heavy atom. The Morgan fingerprint density at radius 3 is 2.77 bits per heavy atom. The molecule has 0 unspecified atom stereocenters. The van der Waals surface area contributed by atoms with Crippen LogP contribution in [-0.2, 0) is 17.7 Å². The Bertz CT molecular complexity index is 1260. The van der Waals surface area contributed by atoms with Crippen molar-refractivity contribution >= 4 is 39.7 Å². The van der Waals surface area contributed by atoms with Gasteiger partial charge in [-0.1, -0.05) is 0 Å². The third-order valence-corrected chi connectivity index (χ3v) is 5.26. The number of hydrogen-bond donors (Lipinski definition) is 3. The first-order valence-electron chi connectivity index (χ1n) is 9.05. The van der Waals surface area contributed by atoms with Crippen molar-refractivity contribution in [3.8, 4) is 0 Å². The van der Waals surface area contributed by atoms with E-state index in [0.29, 0.717) is 28.1 Å². The van der Waals surface area contributed by atoms with Crippen molar-refractivity contribution in [1.29, 1.82) is 5.41 Å². The highest BCUT2D eigenvalue weighted by Crippen LogP contribution is 2.38. The number of pyridine rings is 1. The van der Waals surface area contributed by atoms with Crippen LogP contribution in [0.4, 0.5) is 22.4 Å². The van der Waals surface area contributed by atoms with Crippen molar-refractivity contribution < 1.29 is 27.1 Å². The van der Waals surface area contributed by atoms with Crippen LogP contribution in [0.2, 0.25) is 0 Å². The number of halogens is 4. The third kappa shape index (κ3) is 3.23. The van der Waals surface area contributed by atoms with Crippen molar-refractivity contribution in [3.63, 3.8) is 0 Å². The van der Waals surface area contributed by atoms with E-state index in [1.165, 1.54) is 18.2 Å². The largest absolute Gasteiger partial charge is 0.453 e. The average Bonchev–Trinajstić information content (AvgIpc) is 3.20. The fourth-order valence-corrected chi connectivity index (χ4v) is 3.83. The molecule has 0 saturated carbocycles. The van der Waals surface area contributed by atoms with Crippen molar-refractivity contribution in [2.45, 2.75) is 19.1 Å². The summed E-state index contributed by atoms with van der Waals surface area (Å²) in [6.45, 7) is 0.0606. The first kappa shape index (κ1) is 20.6. The lowest BCUT2D eigenvalue weighted by atomic mass is 9.90. The number of aromatic nitrogens is 3. The minimum atomic E-state index is -4.93. The van der Waals surface area contributed by atoms with Crippen LogP contribution in [0, 0.1) is 11.2 Å². The predicted molar refractivity (Wildman–Crippen MR) is 104 cm³/mol. The number of benzene rings is 1. The Labute approximate surface area is 172 Å². The number of fused-ring (bicyclic) bond motifs is 5. The Hall–Kier alpha value is -3.70. The standard InChI is InChI=1S/C19H16F4N6O2/c1-31-18(30)29-3-2-8-11(7-29)15(9(5-24)17(25)19(21,22)23)27-16-12(20)4-13-10(14(8)16)6-26-28-13/h4-6,24H,2-3,7,25H2,1H3,(H,26,28). The SMILES string of the molecule is COC(=O)N1CCc2c(c(C(C=N)=C(N)C(F)(F)F)nc3c(F)cc4[nH]ncc4c23)C1. The van der Waals surface area contributed by atoms with Crippen LogP contribution in [0.3, 0.4) is 0 Å². The Morgan fingerprint density at radius 1 is 1.39 bits per heavy atom. The highest BCUT2D eigenvalue weighted by Gasteiger charge is 2.36. The predicted octanol–water partition coefficient (Wildman–Crippen LogP) is 3.26. The van der Waals surface area contributed by atoms with Gasteiger partial charge in [0.2, 0.25) is 0 Å². The number of aromatic amines is 1. The lowest BCUT2D eigenvalue weighted by molar-refractivity contribution is -0.0919. The van der Waals surface area contributed by atoms with E-state index in [1.807, 2.05) is 0 Å². The number of carbonyl (C=O) groups is 1. The summed E-state index contributed by atoms with van der Waals surface area (Å²) in [5.41, 5.74) is 3.75. The minimum absolute atomic E-state index is 0.140. The van der Waals surface area contributed by atoms with E-state index < -0.39 is 29.4 Å². The molecule has 4 rings (SSSR count). The zero-order valence-electron chi connectivity index (χ0n) is 16.1. The van der Waals surface area contributed by atoms with Crippen LogP contribution < -0.4 is 5.73 Å². The molecular formula is C19H16F4N6O2. The maximum atomic E-state index is 14.9. The highest BCUT2D eigenvalue weighted by molar-refractivity contribution is 6.13. The van der Waals surface area contributed by atoms with Crippen molar-refractivity contribution in [3.05, 3.63) is 40.6 Å². The van der Waals surface area contributed by atoms with Crippen molar-refractivity contribution in [2.24, 2.45) is 5.73 Å². The molecular weight excluding hydrogens is 420 g/mol. The summed E-state index contributed by atoms with van der Waals surface area (Å²) in [4.78, 5) is 17.5. The number of allylic oxidation sites excluding steroid dienone is 2. The van der Waals surface area contributed by atoms with Gasteiger partial charge in [-0.05, 0) is 12.0 Å². The quantitative estimate of drug-likeness (QED) is 0.421. The smallest absolute Gasteiger partial charge is 0.431 e. The summed E-state index contributed by atoms with van der Waals surface area (Å²) in [7, 11) is 1.19. The molecule has 2 aromatic heterocycles. The van der Waals surface area contributed by atoms with Gasteiger partial charge in [-0.15, -0.1) is 0 Å². The number of carbonyl (C=O) groups excluding carboxylic acids is 1. The lowest BCUT2D eigenvalue weighted by Gasteiger charge is -2.30. The summed E-state index contributed by atoms with van der Waals surface area (Å²) < 4.78 is 59.6. The number of H-pyrrole nitrogens is 1. The molecule has 3 aromatic rings. The fraction of sp³-hybridized carbons (Fsp3) is 0.263. The van der Waals surface area contributed by atoms with Crippen LogP contribution in [0.5, 0.6) is 0 Å². The molecule has 31 heavy (non-hydrogen) atoms. The molecule has 0 aliphatic carbocycles. The van der Waals surface area contributed by atoms with E-state index in [9.17, 15) is 22.4 Å². The Balaban J connectivity index is 2.11. The number of hydrogen-bond acceptors (Lipinski definition) is 6. The van der Waals surface area contributed by atoms with Crippen LogP contribution in [-0.4, -0.2) is 52.2 Å². The second-order valence-corrected chi connectivity index (χ2v) is 6.94. The van der Waals surface area contributed by atoms with Gasteiger partial charge in [-0.3, -0.25) is 5.10 Å². The first-order chi connectivity index (χ1) is 14.7. The third-order valence-electron chi connectivity index (χ3n) is 5.26. The van der Waals surface area contributed by atoms with E-state index in [0.717, 1.165) is 6.07 Å². The lowest BCUT2D eigenvalue weighted by Crippen LogP contribution is -2.37. The van der Waals surface area contributed by atoms with Gasteiger partial charge in [0.15, 0.2) is 5.82 Å². The maximum Gasteiger partial charge on any atom is 0.431 e. The molecule has 4 N–H and O–H groups in total. The zero-order valence-corrected chi connectivity index (χ0v) is 16.1. The molecule has 0 bridgehead atoms.